The number of amides is 1. The smallest absolute Gasteiger partial charge is 0.234 e. The molecule has 1 aliphatic rings. The zero-order valence-corrected chi connectivity index (χ0v) is 13.2. The molecule has 5 heteroatoms. The summed E-state index contributed by atoms with van der Waals surface area (Å²) in [6.45, 7) is 1.87. The molecule has 2 rings (SSSR count). The number of nitrogens with one attached hydrogen (secondary N) is 1. The van der Waals surface area contributed by atoms with Gasteiger partial charge in [0, 0.05) is 31.9 Å². The van der Waals surface area contributed by atoms with Gasteiger partial charge in [-0.05, 0) is 31.9 Å². The van der Waals surface area contributed by atoms with E-state index in [1.54, 1.807) is 0 Å². The van der Waals surface area contributed by atoms with Crippen molar-refractivity contribution < 1.29 is 14.6 Å². The molecule has 0 saturated carbocycles. The molecule has 1 aliphatic heterocycles. The summed E-state index contributed by atoms with van der Waals surface area (Å²) in [5.74, 6) is 0.0354. The Hall–Kier alpha value is -1.43. The fourth-order valence-corrected chi connectivity index (χ4v) is 2.89. The predicted octanol–water partition coefficient (Wildman–Crippen LogP) is 1.34. The van der Waals surface area contributed by atoms with E-state index in [9.17, 15) is 9.90 Å². The highest BCUT2D eigenvalue weighted by Crippen LogP contribution is 2.22. The molecule has 0 aromatic heterocycles. The third-order valence-electron chi connectivity index (χ3n) is 4.10. The number of hydrogen-bond donors (Lipinski definition) is 2. The van der Waals surface area contributed by atoms with E-state index < -0.39 is 0 Å². The summed E-state index contributed by atoms with van der Waals surface area (Å²) in [4.78, 5) is 14.2. The molecular weight excluding hydrogens is 280 g/mol. The Bertz CT molecular complexity index is 446. The van der Waals surface area contributed by atoms with Gasteiger partial charge < -0.3 is 15.2 Å². The molecule has 1 unspecified atom stereocenters. The first-order chi connectivity index (χ1) is 10.7. The van der Waals surface area contributed by atoms with E-state index in [0.29, 0.717) is 13.0 Å². The van der Waals surface area contributed by atoms with Gasteiger partial charge >= 0.3 is 0 Å². The van der Waals surface area contributed by atoms with Crippen LogP contribution in [0.25, 0.3) is 0 Å². The Morgan fingerprint density at radius 1 is 1.36 bits per heavy atom. The Morgan fingerprint density at radius 2 is 2.05 bits per heavy atom. The van der Waals surface area contributed by atoms with E-state index in [0.717, 1.165) is 31.6 Å². The van der Waals surface area contributed by atoms with Crippen molar-refractivity contribution >= 4 is 5.91 Å². The molecular formula is C17H26N2O3. The minimum Gasteiger partial charge on any atom is -0.396 e. The fourth-order valence-electron chi connectivity index (χ4n) is 2.89. The monoisotopic (exact) mass is 306 g/mol. The van der Waals surface area contributed by atoms with Crippen molar-refractivity contribution in [2.75, 3.05) is 33.4 Å². The molecule has 0 bridgehead atoms. The maximum absolute atomic E-state index is 12.2. The van der Waals surface area contributed by atoms with E-state index in [1.165, 1.54) is 0 Å². The largest absolute Gasteiger partial charge is 0.396 e. The molecule has 1 aromatic carbocycles. The molecule has 1 amide bonds. The second-order valence-electron chi connectivity index (χ2n) is 5.81. The minimum absolute atomic E-state index is 0.0354. The SMILES string of the molecule is CN(CC(=O)NC1CCOCC1)C(CCO)c1ccccc1. The molecule has 22 heavy (non-hydrogen) atoms. The van der Waals surface area contributed by atoms with Gasteiger partial charge in [-0.3, -0.25) is 9.69 Å². The summed E-state index contributed by atoms with van der Waals surface area (Å²) in [7, 11) is 1.93. The molecule has 0 radical (unpaired) electrons. The molecule has 1 heterocycles. The van der Waals surface area contributed by atoms with Gasteiger partial charge in [0.25, 0.3) is 0 Å². The second-order valence-corrected chi connectivity index (χ2v) is 5.81. The average Bonchev–Trinajstić information content (AvgIpc) is 2.54. The highest BCUT2D eigenvalue weighted by Gasteiger charge is 2.21. The third-order valence-corrected chi connectivity index (χ3v) is 4.10. The lowest BCUT2D eigenvalue weighted by Crippen LogP contribution is -2.44. The summed E-state index contributed by atoms with van der Waals surface area (Å²) in [5.41, 5.74) is 1.12. The van der Waals surface area contributed by atoms with Crippen LogP contribution < -0.4 is 5.32 Å². The number of aliphatic hydroxyl groups is 1. The Labute approximate surface area is 132 Å². The van der Waals surface area contributed by atoms with E-state index in [4.69, 9.17) is 4.74 Å². The Balaban J connectivity index is 1.89. The van der Waals surface area contributed by atoms with Crippen LogP contribution in [0, 0.1) is 0 Å². The standard InChI is InChI=1S/C17H26N2O3/c1-19(13-17(21)18-15-8-11-22-12-9-15)16(7-10-20)14-5-3-2-4-6-14/h2-6,15-16,20H,7-13H2,1H3,(H,18,21). The summed E-state index contributed by atoms with van der Waals surface area (Å²) < 4.78 is 5.30. The van der Waals surface area contributed by atoms with E-state index >= 15 is 0 Å². The van der Waals surface area contributed by atoms with Crippen LogP contribution in [0.3, 0.4) is 0 Å². The minimum atomic E-state index is 0.0354. The number of carbonyl (C=O) groups is 1. The van der Waals surface area contributed by atoms with Gasteiger partial charge in [-0.15, -0.1) is 0 Å². The lowest BCUT2D eigenvalue weighted by Gasteiger charge is -2.29. The molecule has 0 spiro atoms. The molecule has 1 aromatic rings. The predicted molar refractivity (Wildman–Crippen MR) is 85.5 cm³/mol. The van der Waals surface area contributed by atoms with Gasteiger partial charge in [-0.2, -0.15) is 0 Å². The molecule has 1 fully saturated rings. The van der Waals surface area contributed by atoms with Gasteiger partial charge in [0.05, 0.1) is 6.54 Å². The van der Waals surface area contributed by atoms with Crippen LogP contribution in [0.15, 0.2) is 30.3 Å². The number of rotatable bonds is 7. The number of nitrogens with zero attached hydrogens (tertiary/aromatic N) is 1. The van der Waals surface area contributed by atoms with Gasteiger partial charge in [0.1, 0.15) is 0 Å². The van der Waals surface area contributed by atoms with Gasteiger partial charge in [0.2, 0.25) is 5.91 Å². The van der Waals surface area contributed by atoms with Crippen molar-refractivity contribution in [1.82, 2.24) is 10.2 Å². The highest BCUT2D eigenvalue weighted by atomic mass is 16.5. The first kappa shape index (κ1) is 16.9. The molecule has 122 valence electrons. The second kappa shape index (κ2) is 8.88. The zero-order valence-electron chi connectivity index (χ0n) is 13.2. The van der Waals surface area contributed by atoms with Crippen molar-refractivity contribution in [3.05, 3.63) is 35.9 Å². The number of hydrogen-bond acceptors (Lipinski definition) is 4. The number of likely N-dealkylation sites (N-methyl/N-ethyl adjacent to an activating group) is 1. The summed E-state index contributed by atoms with van der Waals surface area (Å²) in [6, 6.07) is 10.3. The van der Waals surface area contributed by atoms with Gasteiger partial charge in [-0.1, -0.05) is 30.3 Å². The average molecular weight is 306 g/mol. The van der Waals surface area contributed by atoms with Crippen LogP contribution in [0.5, 0.6) is 0 Å². The van der Waals surface area contributed by atoms with Crippen LogP contribution in [0.4, 0.5) is 0 Å². The maximum atomic E-state index is 12.2. The quantitative estimate of drug-likeness (QED) is 0.798. The van der Waals surface area contributed by atoms with Crippen LogP contribution >= 0.6 is 0 Å². The van der Waals surface area contributed by atoms with Crippen molar-refractivity contribution in [1.29, 1.82) is 0 Å². The lowest BCUT2D eigenvalue weighted by molar-refractivity contribution is -0.123. The van der Waals surface area contributed by atoms with E-state index in [-0.39, 0.29) is 24.6 Å². The van der Waals surface area contributed by atoms with Crippen LogP contribution in [0.1, 0.15) is 30.9 Å². The Morgan fingerprint density at radius 3 is 2.68 bits per heavy atom. The van der Waals surface area contributed by atoms with E-state index in [1.807, 2.05) is 42.3 Å². The van der Waals surface area contributed by atoms with Crippen LogP contribution in [-0.4, -0.2) is 55.4 Å². The Kier molecular flexibility index (Phi) is 6.83. The number of aliphatic hydroxyl groups excluding tert-OH is 1. The lowest BCUT2D eigenvalue weighted by atomic mass is 10.0. The molecule has 1 atom stereocenters. The number of carbonyl (C=O) groups excluding carboxylic acids is 1. The zero-order chi connectivity index (χ0) is 15.8. The van der Waals surface area contributed by atoms with Crippen LogP contribution in [0.2, 0.25) is 0 Å². The maximum Gasteiger partial charge on any atom is 0.234 e. The molecule has 0 aliphatic carbocycles. The third kappa shape index (κ3) is 5.09. The number of ether oxygens (including phenoxy) is 1. The highest BCUT2D eigenvalue weighted by molar-refractivity contribution is 5.78. The first-order valence-corrected chi connectivity index (χ1v) is 7.94. The summed E-state index contributed by atoms with van der Waals surface area (Å²) in [6.07, 6.45) is 2.38. The van der Waals surface area contributed by atoms with Crippen molar-refractivity contribution in [3.63, 3.8) is 0 Å². The van der Waals surface area contributed by atoms with Crippen molar-refractivity contribution in [3.8, 4) is 0 Å². The normalized spacial score (nSPS) is 17.4. The first-order valence-electron chi connectivity index (χ1n) is 7.94. The van der Waals surface area contributed by atoms with Crippen molar-refractivity contribution in [2.24, 2.45) is 0 Å². The van der Waals surface area contributed by atoms with Gasteiger partial charge in [0.15, 0.2) is 0 Å². The van der Waals surface area contributed by atoms with Gasteiger partial charge in [-0.25, -0.2) is 0 Å². The summed E-state index contributed by atoms with van der Waals surface area (Å²) >= 11 is 0. The van der Waals surface area contributed by atoms with Crippen LogP contribution in [-0.2, 0) is 9.53 Å². The molecule has 2 N–H and O–H groups in total. The van der Waals surface area contributed by atoms with Crippen molar-refractivity contribution in [2.45, 2.75) is 31.3 Å². The summed E-state index contributed by atoms with van der Waals surface area (Å²) in [5, 5.41) is 12.4. The van der Waals surface area contributed by atoms with E-state index in [2.05, 4.69) is 5.32 Å². The topological polar surface area (TPSA) is 61.8 Å². The number of benzene rings is 1. The fraction of sp³-hybridized carbons (Fsp3) is 0.588. The molecule has 5 nitrogen and oxygen atoms in total. The molecule has 1 saturated heterocycles.